The van der Waals surface area contributed by atoms with Gasteiger partial charge in [0.05, 0.1) is 0 Å². The van der Waals surface area contributed by atoms with Gasteiger partial charge in [-0.3, -0.25) is 0 Å². The van der Waals surface area contributed by atoms with E-state index >= 15 is 0 Å². The van der Waals surface area contributed by atoms with Gasteiger partial charge in [-0.2, -0.15) is 0 Å². The number of urea groups is 1. The van der Waals surface area contributed by atoms with Gasteiger partial charge in [0.25, 0.3) is 0 Å². The fourth-order valence-corrected chi connectivity index (χ4v) is 1.80. The molecule has 0 bridgehead atoms. The number of carbonyl (C=O) groups is 2. The normalized spacial score (nSPS) is 10.2. The van der Waals surface area contributed by atoms with Gasteiger partial charge in [-0.15, -0.1) is 0 Å². The van der Waals surface area contributed by atoms with Crippen LogP contribution < -0.4 is 15.4 Å². The van der Waals surface area contributed by atoms with E-state index in [0.717, 1.165) is 12.8 Å². The fourth-order valence-electron chi connectivity index (χ4n) is 1.80. The van der Waals surface area contributed by atoms with E-state index in [2.05, 4.69) is 24.5 Å². The van der Waals surface area contributed by atoms with Gasteiger partial charge in [0.1, 0.15) is 5.75 Å². The molecule has 0 saturated carbocycles. The molecule has 0 radical (unpaired) electrons. The number of rotatable bonds is 8. The Morgan fingerprint density at radius 1 is 1.29 bits per heavy atom. The van der Waals surface area contributed by atoms with Crippen molar-refractivity contribution in [3.63, 3.8) is 0 Å². The van der Waals surface area contributed by atoms with Gasteiger partial charge in [-0.25, -0.2) is 9.59 Å². The molecule has 116 valence electrons. The summed E-state index contributed by atoms with van der Waals surface area (Å²) in [4.78, 5) is 22.2. The number of aliphatic carboxylic acids is 1. The van der Waals surface area contributed by atoms with Gasteiger partial charge >= 0.3 is 12.0 Å². The van der Waals surface area contributed by atoms with Crippen LogP contribution in [0.15, 0.2) is 24.3 Å². The number of carboxylic acid groups (broad SMARTS) is 1. The van der Waals surface area contributed by atoms with Crippen LogP contribution in [0.25, 0.3) is 0 Å². The van der Waals surface area contributed by atoms with E-state index in [4.69, 9.17) is 9.84 Å². The molecule has 1 aromatic carbocycles. The topological polar surface area (TPSA) is 87.7 Å². The molecular formula is C15H22N2O4. The van der Waals surface area contributed by atoms with Crippen LogP contribution in [0.4, 0.5) is 10.5 Å². The van der Waals surface area contributed by atoms with Crippen LogP contribution in [-0.4, -0.2) is 30.3 Å². The highest BCUT2D eigenvalue weighted by Crippen LogP contribution is 2.17. The van der Waals surface area contributed by atoms with Crippen LogP contribution in [-0.2, 0) is 4.79 Å². The third-order valence-corrected chi connectivity index (χ3v) is 3.16. The van der Waals surface area contributed by atoms with Crippen molar-refractivity contribution in [3.05, 3.63) is 24.3 Å². The first-order valence-corrected chi connectivity index (χ1v) is 7.04. The SMILES string of the molecule is CCC(CC)CNC(=O)Nc1cccc(OCC(=O)O)c1. The summed E-state index contributed by atoms with van der Waals surface area (Å²) < 4.78 is 5.05. The van der Waals surface area contributed by atoms with E-state index in [1.165, 1.54) is 0 Å². The number of benzene rings is 1. The Bertz CT molecular complexity index is 472. The number of hydrogen-bond acceptors (Lipinski definition) is 3. The summed E-state index contributed by atoms with van der Waals surface area (Å²) in [6.45, 7) is 4.41. The molecule has 0 heterocycles. The standard InChI is InChI=1S/C15H22N2O4/c1-3-11(4-2)9-16-15(20)17-12-6-5-7-13(8-12)21-10-14(18)19/h5-8,11H,3-4,9-10H2,1-2H3,(H,18,19)(H2,16,17,20). The number of anilines is 1. The molecule has 0 fully saturated rings. The minimum Gasteiger partial charge on any atom is -0.482 e. The summed E-state index contributed by atoms with van der Waals surface area (Å²) in [6.07, 6.45) is 2.05. The van der Waals surface area contributed by atoms with E-state index in [-0.39, 0.29) is 6.03 Å². The quantitative estimate of drug-likeness (QED) is 0.688. The lowest BCUT2D eigenvalue weighted by molar-refractivity contribution is -0.139. The Hall–Kier alpha value is -2.24. The maximum Gasteiger partial charge on any atom is 0.341 e. The van der Waals surface area contributed by atoms with Crippen molar-refractivity contribution in [2.45, 2.75) is 26.7 Å². The Balaban J connectivity index is 2.48. The van der Waals surface area contributed by atoms with Gasteiger partial charge in [-0.05, 0) is 18.1 Å². The molecule has 2 amide bonds. The van der Waals surface area contributed by atoms with E-state index in [1.807, 2.05) is 0 Å². The molecule has 6 heteroatoms. The molecule has 1 aromatic rings. The monoisotopic (exact) mass is 294 g/mol. The summed E-state index contributed by atoms with van der Waals surface area (Å²) in [6, 6.07) is 6.34. The Kier molecular flexibility index (Phi) is 7.08. The number of hydrogen-bond donors (Lipinski definition) is 3. The lowest BCUT2D eigenvalue weighted by atomic mass is 10.0. The van der Waals surface area contributed by atoms with Crippen molar-refractivity contribution in [2.24, 2.45) is 5.92 Å². The molecule has 0 atom stereocenters. The van der Waals surface area contributed by atoms with Crippen LogP contribution >= 0.6 is 0 Å². The van der Waals surface area contributed by atoms with Crippen LogP contribution in [0.2, 0.25) is 0 Å². The van der Waals surface area contributed by atoms with Crippen LogP contribution in [0.5, 0.6) is 5.75 Å². The largest absolute Gasteiger partial charge is 0.482 e. The number of amides is 2. The fraction of sp³-hybridized carbons (Fsp3) is 0.467. The second kappa shape index (κ2) is 8.84. The molecule has 0 aliphatic rings. The smallest absolute Gasteiger partial charge is 0.341 e. The Morgan fingerprint density at radius 2 is 2.00 bits per heavy atom. The van der Waals surface area contributed by atoms with E-state index in [1.54, 1.807) is 24.3 Å². The van der Waals surface area contributed by atoms with E-state index in [0.29, 0.717) is 23.9 Å². The lowest BCUT2D eigenvalue weighted by Gasteiger charge is -2.14. The van der Waals surface area contributed by atoms with Crippen molar-refractivity contribution in [2.75, 3.05) is 18.5 Å². The van der Waals surface area contributed by atoms with Crippen LogP contribution in [0, 0.1) is 5.92 Å². The van der Waals surface area contributed by atoms with E-state index in [9.17, 15) is 9.59 Å². The summed E-state index contributed by atoms with van der Waals surface area (Å²) in [5, 5.41) is 14.1. The molecule has 0 aliphatic heterocycles. The second-order valence-electron chi connectivity index (χ2n) is 4.73. The molecule has 1 rings (SSSR count). The molecule has 0 unspecified atom stereocenters. The number of nitrogens with one attached hydrogen (secondary N) is 2. The molecule has 6 nitrogen and oxygen atoms in total. The molecule has 3 N–H and O–H groups in total. The number of carboxylic acids is 1. The Morgan fingerprint density at radius 3 is 2.62 bits per heavy atom. The molecule has 0 aliphatic carbocycles. The summed E-state index contributed by atoms with van der Waals surface area (Å²) in [5.41, 5.74) is 0.555. The minimum absolute atomic E-state index is 0.280. The van der Waals surface area contributed by atoms with Crippen molar-refractivity contribution in [1.29, 1.82) is 0 Å². The van der Waals surface area contributed by atoms with Crippen LogP contribution in [0.1, 0.15) is 26.7 Å². The minimum atomic E-state index is -1.05. The molecule has 0 aromatic heterocycles. The third-order valence-electron chi connectivity index (χ3n) is 3.16. The third kappa shape index (κ3) is 6.65. The van der Waals surface area contributed by atoms with Gasteiger partial charge in [-0.1, -0.05) is 32.8 Å². The predicted molar refractivity (Wildman–Crippen MR) is 80.7 cm³/mol. The number of ether oxygens (including phenoxy) is 1. The van der Waals surface area contributed by atoms with Crippen molar-refractivity contribution >= 4 is 17.7 Å². The second-order valence-corrected chi connectivity index (χ2v) is 4.73. The molecule has 0 saturated heterocycles. The summed E-state index contributed by atoms with van der Waals surface area (Å²) in [5.74, 6) is -0.174. The maximum absolute atomic E-state index is 11.8. The average molecular weight is 294 g/mol. The predicted octanol–water partition coefficient (Wildman–Crippen LogP) is 2.71. The summed E-state index contributed by atoms with van der Waals surface area (Å²) >= 11 is 0. The lowest BCUT2D eigenvalue weighted by Crippen LogP contribution is -2.32. The Labute approximate surface area is 124 Å². The first-order valence-electron chi connectivity index (χ1n) is 7.04. The zero-order valence-corrected chi connectivity index (χ0v) is 12.4. The number of carbonyl (C=O) groups excluding carboxylic acids is 1. The first kappa shape index (κ1) is 16.8. The maximum atomic E-state index is 11.8. The van der Waals surface area contributed by atoms with Crippen molar-refractivity contribution < 1.29 is 19.4 Å². The highest BCUT2D eigenvalue weighted by molar-refractivity contribution is 5.89. The molecular weight excluding hydrogens is 272 g/mol. The highest BCUT2D eigenvalue weighted by Gasteiger charge is 2.07. The van der Waals surface area contributed by atoms with Crippen molar-refractivity contribution in [3.8, 4) is 5.75 Å². The van der Waals surface area contributed by atoms with Crippen molar-refractivity contribution in [1.82, 2.24) is 5.32 Å². The molecule has 21 heavy (non-hydrogen) atoms. The van der Waals surface area contributed by atoms with Gasteiger partial charge in [0.15, 0.2) is 6.61 Å². The zero-order chi connectivity index (χ0) is 15.7. The molecule has 0 spiro atoms. The average Bonchev–Trinajstić information content (AvgIpc) is 2.46. The van der Waals surface area contributed by atoms with Crippen LogP contribution in [0.3, 0.4) is 0 Å². The highest BCUT2D eigenvalue weighted by atomic mass is 16.5. The first-order chi connectivity index (χ1) is 10.0. The van der Waals surface area contributed by atoms with E-state index < -0.39 is 12.6 Å². The van der Waals surface area contributed by atoms with Gasteiger partial charge < -0.3 is 20.5 Å². The van der Waals surface area contributed by atoms with Gasteiger partial charge in [0, 0.05) is 18.3 Å². The summed E-state index contributed by atoms with van der Waals surface area (Å²) in [7, 11) is 0. The zero-order valence-electron chi connectivity index (χ0n) is 12.4. The van der Waals surface area contributed by atoms with Gasteiger partial charge in [0.2, 0.25) is 0 Å².